The highest BCUT2D eigenvalue weighted by atomic mass is 35.5. The number of β-amino-alcohol motifs (C(OH)–C–C–N with tert-alkyl or cyclic N) is 1. The Balaban J connectivity index is 1.84. The molecule has 9 nitrogen and oxygen atoms in total. The van der Waals surface area contributed by atoms with Crippen LogP contribution in [0.15, 0.2) is 6.07 Å². The van der Waals surface area contributed by atoms with Crippen molar-refractivity contribution >= 4 is 23.2 Å². The molecular weight excluding hydrogens is 354 g/mol. The maximum Gasteiger partial charge on any atom is 0.292 e. The largest absolute Gasteiger partial charge is 0.485 e. The van der Waals surface area contributed by atoms with E-state index in [1.807, 2.05) is 0 Å². The molecule has 1 aromatic carbocycles. The predicted octanol–water partition coefficient (Wildman–Crippen LogP) is 0.720. The maximum atomic E-state index is 12.5. The van der Waals surface area contributed by atoms with Crippen molar-refractivity contribution in [3.8, 4) is 11.5 Å². The zero-order chi connectivity index (χ0) is 18.0. The summed E-state index contributed by atoms with van der Waals surface area (Å²) < 4.78 is 10.8. The number of benzene rings is 1. The van der Waals surface area contributed by atoms with Gasteiger partial charge in [0, 0.05) is 25.1 Å². The molecule has 1 fully saturated rings. The van der Waals surface area contributed by atoms with Crippen molar-refractivity contribution in [2.24, 2.45) is 5.92 Å². The molecule has 0 spiro atoms. The fraction of sp³-hybridized carbons (Fsp3) is 0.533. The summed E-state index contributed by atoms with van der Waals surface area (Å²) in [5.74, 6) is -0.507. The second-order valence-electron chi connectivity index (χ2n) is 5.90. The van der Waals surface area contributed by atoms with Crippen LogP contribution in [0.5, 0.6) is 11.5 Å². The maximum absolute atomic E-state index is 12.5. The first-order valence-corrected chi connectivity index (χ1v) is 8.30. The third-order valence-corrected chi connectivity index (χ3v) is 4.65. The number of nitro benzene ring substituents is 1. The van der Waals surface area contributed by atoms with E-state index in [1.54, 1.807) is 0 Å². The van der Waals surface area contributed by atoms with Crippen LogP contribution in [0.3, 0.4) is 0 Å². The number of nitrogens with zero attached hydrogens (tertiary/aromatic N) is 1. The summed E-state index contributed by atoms with van der Waals surface area (Å²) in [4.78, 5) is 23.1. The Morgan fingerprint density at radius 3 is 2.84 bits per heavy atom. The molecule has 2 aliphatic heterocycles. The number of aliphatic hydroxyl groups excluding tert-OH is 1. The Hall–Kier alpha value is -2.10. The van der Waals surface area contributed by atoms with E-state index in [1.165, 1.54) is 0 Å². The minimum Gasteiger partial charge on any atom is -0.485 e. The smallest absolute Gasteiger partial charge is 0.292 e. The Bertz CT molecular complexity index is 698. The first-order valence-electron chi connectivity index (χ1n) is 7.92. The van der Waals surface area contributed by atoms with Gasteiger partial charge in [-0.25, -0.2) is 0 Å². The van der Waals surface area contributed by atoms with Gasteiger partial charge in [-0.15, -0.1) is 0 Å². The Morgan fingerprint density at radius 1 is 1.44 bits per heavy atom. The highest BCUT2D eigenvalue weighted by Gasteiger charge is 2.31. The van der Waals surface area contributed by atoms with Crippen LogP contribution in [-0.2, 0) is 0 Å². The van der Waals surface area contributed by atoms with Gasteiger partial charge in [0.15, 0.2) is 16.5 Å². The van der Waals surface area contributed by atoms with Gasteiger partial charge in [-0.3, -0.25) is 14.9 Å². The lowest BCUT2D eigenvalue weighted by Gasteiger charge is -2.28. The van der Waals surface area contributed by atoms with E-state index in [2.05, 4.69) is 10.6 Å². The van der Waals surface area contributed by atoms with Crippen molar-refractivity contribution in [2.75, 3.05) is 32.8 Å². The normalized spacial score (nSPS) is 22.3. The van der Waals surface area contributed by atoms with E-state index in [4.69, 9.17) is 21.1 Å². The molecule has 1 saturated heterocycles. The summed E-state index contributed by atoms with van der Waals surface area (Å²) in [5.41, 5.74) is -0.424. The van der Waals surface area contributed by atoms with Crippen LogP contribution in [0, 0.1) is 16.0 Å². The van der Waals surface area contributed by atoms with Crippen molar-refractivity contribution in [3.63, 3.8) is 0 Å². The quantitative estimate of drug-likeness (QED) is 0.526. The fourth-order valence-corrected chi connectivity index (χ4v) is 3.18. The van der Waals surface area contributed by atoms with Crippen molar-refractivity contribution in [1.29, 1.82) is 0 Å². The number of piperidine rings is 1. The van der Waals surface area contributed by atoms with E-state index >= 15 is 0 Å². The van der Waals surface area contributed by atoms with E-state index in [0.717, 1.165) is 19.0 Å². The highest BCUT2D eigenvalue weighted by molar-refractivity contribution is 6.34. The molecule has 0 saturated carbocycles. The number of carbonyl (C=O) groups excluding carboxylic acids is 1. The molecule has 0 radical (unpaired) electrons. The number of nitro groups is 1. The number of amides is 1. The number of carbonyl (C=O) groups is 1. The molecule has 0 bridgehead atoms. The summed E-state index contributed by atoms with van der Waals surface area (Å²) in [7, 11) is 0. The number of fused-ring (bicyclic) bond motifs is 1. The monoisotopic (exact) mass is 371 g/mol. The summed E-state index contributed by atoms with van der Waals surface area (Å²) in [6.07, 6.45) is 0.169. The average molecular weight is 372 g/mol. The van der Waals surface area contributed by atoms with Crippen LogP contribution in [0.25, 0.3) is 0 Å². The standard InChI is InChI=1S/C15H18ClN3O6/c16-12-10(19(22)23)5-9(13-14(12)25-4-3-24-13)15(21)18-6-8-1-2-17-7-11(8)20/h5,8,11,17,20H,1-4,6-7H2,(H,18,21)/t8-,11+/m0/s1. The van der Waals surface area contributed by atoms with Crippen molar-refractivity contribution in [3.05, 3.63) is 26.8 Å². The molecule has 1 amide bonds. The lowest BCUT2D eigenvalue weighted by molar-refractivity contribution is -0.384. The molecule has 1 aromatic rings. The van der Waals surface area contributed by atoms with E-state index in [-0.39, 0.29) is 47.8 Å². The molecular formula is C15H18ClN3O6. The average Bonchev–Trinajstić information content (AvgIpc) is 2.61. The SMILES string of the molecule is O=C(NC[C@@H]1CCNC[C@H]1O)c1cc([N+](=O)[O-])c(Cl)c2c1OCCO2. The minimum atomic E-state index is -0.673. The molecule has 0 aliphatic carbocycles. The van der Waals surface area contributed by atoms with Gasteiger partial charge < -0.3 is 25.2 Å². The van der Waals surface area contributed by atoms with E-state index in [0.29, 0.717) is 6.54 Å². The second kappa shape index (κ2) is 7.42. The number of rotatable bonds is 4. The third kappa shape index (κ3) is 3.63. The molecule has 25 heavy (non-hydrogen) atoms. The highest BCUT2D eigenvalue weighted by Crippen LogP contribution is 2.45. The Morgan fingerprint density at radius 2 is 2.16 bits per heavy atom. The molecule has 10 heteroatoms. The van der Waals surface area contributed by atoms with Crippen LogP contribution in [0.2, 0.25) is 5.02 Å². The molecule has 3 N–H and O–H groups in total. The number of nitrogens with one attached hydrogen (secondary N) is 2. The predicted molar refractivity (Wildman–Crippen MR) is 88.4 cm³/mol. The molecule has 136 valence electrons. The summed E-state index contributed by atoms with van der Waals surface area (Å²) in [5, 5.41) is 26.7. The molecule has 2 heterocycles. The molecule has 2 atom stereocenters. The molecule has 3 rings (SSSR count). The molecule has 0 aromatic heterocycles. The van der Waals surface area contributed by atoms with Gasteiger partial charge in [-0.05, 0) is 13.0 Å². The van der Waals surface area contributed by atoms with E-state index in [9.17, 15) is 20.0 Å². The Kier molecular flexibility index (Phi) is 5.26. The zero-order valence-electron chi connectivity index (χ0n) is 13.3. The number of aliphatic hydroxyl groups is 1. The van der Waals surface area contributed by atoms with Crippen molar-refractivity contribution < 1.29 is 24.3 Å². The van der Waals surface area contributed by atoms with Gasteiger partial charge in [0.25, 0.3) is 11.6 Å². The summed E-state index contributed by atoms with van der Waals surface area (Å²) in [6.45, 7) is 1.90. The molecule has 0 unspecified atom stereocenters. The fourth-order valence-electron chi connectivity index (χ4n) is 2.92. The number of halogens is 1. The van der Waals surface area contributed by atoms with Gasteiger partial charge in [0.2, 0.25) is 0 Å². The topological polar surface area (TPSA) is 123 Å². The van der Waals surface area contributed by atoms with Gasteiger partial charge in [0.05, 0.1) is 16.6 Å². The van der Waals surface area contributed by atoms with Gasteiger partial charge in [0.1, 0.15) is 13.2 Å². The van der Waals surface area contributed by atoms with Crippen LogP contribution < -0.4 is 20.1 Å². The van der Waals surface area contributed by atoms with Crippen molar-refractivity contribution in [2.45, 2.75) is 12.5 Å². The first kappa shape index (κ1) is 17.7. The summed E-state index contributed by atoms with van der Waals surface area (Å²) in [6, 6.07) is 1.09. The number of ether oxygens (including phenoxy) is 2. The minimum absolute atomic E-state index is 0.00535. The van der Waals surface area contributed by atoms with Crippen LogP contribution in [-0.4, -0.2) is 54.9 Å². The number of hydrogen-bond donors (Lipinski definition) is 3. The van der Waals surface area contributed by atoms with Crippen LogP contribution in [0.1, 0.15) is 16.8 Å². The first-order chi connectivity index (χ1) is 12.0. The van der Waals surface area contributed by atoms with Crippen molar-refractivity contribution in [1.82, 2.24) is 10.6 Å². The van der Waals surface area contributed by atoms with Gasteiger partial charge >= 0.3 is 0 Å². The summed E-state index contributed by atoms with van der Waals surface area (Å²) >= 11 is 6.00. The lowest BCUT2D eigenvalue weighted by Crippen LogP contribution is -2.45. The van der Waals surface area contributed by atoms with Gasteiger partial charge in [-0.1, -0.05) is 11.6 Å². The lowest BCUT2D eigenvalue weighted by atomic mass is 9.95. The Labute approximate surface area is 148 Å². The van der Waals surface area contributed by atoms with Crippen LogP contribution in [0.4, 0.5) is 5.69 Å². The zero-order valence-corrected chi connectivity index (χ0v) is 14.0. The second-order valence-corrected chi connectivity index (χ2v) is 6.28. The molecule has 2 aliphatic rings. The number of hydrogen-bond acceptors (Lipinski definition) is 7. The van der Waals surface area contributed by atoms with E-state index < -0.39 is 22.6 Å². The van der Waals surface area contributed by atoms with Gasteiger partial charge in [-0.2, -0.15) is 0 Å². The third-order valence-electron chi connectivity index (χ3n) is 4.29. The van der Waals surface area contributed by atoms with Crippen LogP contribution >= 0.6 is 11.6 Å².